The maximum absolute atomic E-state index is 11.9. The van der Waals surface area contributed by atoms with Crippen molar-refractivity contribution in [3.63, 3.8) is 0 Å². The molecule has 1 amide bonds. The summed E-state index contributed by atoms with van der Waals surface area (Å²) in [6.45, 7) is 9.29. The second kappa shape index (κ2) is 9.21. The first-order valence-corrected chi connectivity index (χ1v) is 9.59. The van der Waals surface area contributed by atoms with Gasteiger partial charge in [-0.25, -0.2) is 9.48 Å². The van der Waals surface area contributed by atoms with Gasteiger partial charge < -0.3 is 24.6 Å². The van der Waals surface area contributed by atoms with E-state index in [1.165, 1.54) is 19.5 Å². The number of hydrogen-bond donors (Lipinski definition) is 1. The number of alkyl carbamates (subject to hydrolysis) is 1. The van der Waals surface area contributed by atoms with Gasteiger partial charge in [0.25, 0.3) is 0 Å². The van der Waals surface area contributed by atoms with Crippen molar-refractivity contribution in [2.75, 3.05) is 38.6 Å². The smallest absolute Gasteiger partial charge is 0.408 e. The maximum atomic E-state index is 11.9. The molecule has 1 aromatic heterocycles. The lowest BCUT2D eigenvalue weighted by Crippen LogP contribution is -2.40. The number of hydrogen-bond acceptors (Lipinski definition) is 6. The number of likely N-dealkylation sites (tertiary alicyclic amines) is 1. The zero-order valence-corrected chi connectivity index (χ0v) is 17.2. The van der Waals surface area contributed by atoms with Crippen LogP contribution in [0.2, 0.25) is 0 Å². The van der Waals surface area contributed by atoms with Crippen LogP contribution in [-0.4, -0.2) is 72.4 Å². The third kappa shape index (κ3) is 6.86. The number of carbonyl (C=O) groups excluding carboxylic acids is 2. The van der Waals surface area contributed by atoms with Crippen LogP contribution in [-0.2, 0) is 22.5 Å². The molecule has 2 rings (SSSR count). The summed E-state index contributed by atoms with van der Waals surface area (Å²) < 4.78 is 7.12. The first kappa shape index (κ1) is 21.2. The molecular weight excluding hydrogens is 346 g/mol. The Morgan fingerprint density at radius 1 is 1.37 bits per heavy atom. The van der Waals surface area contributed by atoms with Gasteiger partial charge in [0, 0.05) is 39.7 Å². The predicted molar refractivity (Wildman–Crippen MR) is 105 cm³/mol. The number of rotatable bonds is 9. The highest BCUT2D eigenvalue weighted by Crippen LogP contribution is 2.17. The Morgan fingerprint density at radius 2 is 2.07 bits per heavy atom. The fraction of sp³-hybridized carbons (Fsp3) is 0.737. The average Bonchev–Trinajstić information content (AvgIpc) is 2.91. The van der Waals surface area contributed by atoms with Crippen molar-refractivity contribution < 1.29 is 14.3 Å². The van der Waals surface area contributed by atoms with Crippen LogP contribution >= 0.6 is 0 Å². The fourth-order valence-corrected chi connectivity index (χ4v) is 2.88. The van der Waals surface area contributed by atoms with Crippen LogP contribution in [0, 0.1) is 0 Å². The standard InChI is InChI=1S/C19H33N5O3/c1-19(2,3)27-18(26)20-16(14-25)8-12-24-17(22(4)5)13-15(21-24)7-11-23-9-6-10-23/h13-14,16H,6-12H2,1-5H3,(H,20,26). The normalized spacial score (nSPS) is 15.7. The summed E-state index contributed by atoms with van der Waals surface area (Å²) in [6.07, 6.45) is 2.82. The van der Waals surface area contributed by atoms with Crippen LogP contribution in [0.4, 0.5) is 10.6 Å². The van der Waals surface area contributed by atoms with Crippen LogP contribution in [0.25, 0.3) is 0 Å². The number of aryl methyl sites for hydroxylation is 1. The summed E-state index contributed by atoms with van der Waals surface area (Å²) in [5.74, 6) is 0.996. The molecule has 1 aliphatic rings. The summed E-state index contributed by atoms with van der Waals surface area (Å²) >= 11 is 0. The van der Waals surface area contributed by atoms with E-state index in [0.29, 0.717) is 13.0 Å². The zero-order chi connectivity index (χ0) is 20.0. The first-order chi connectivity index (χ1) is 12.7. The third-order valence-electron chi connectivity index (χ3n) is 4.42. The van der Waals surface area contributed by atoms with Crippen LogP contribution in [0.5, 0.6) is 0 Å². The maximum Gasteiger partial charge on any atom is 0.408 e. The van der Waals surface area contributed by atoms with E-state index < -0.39 is 17.7 Å². The second-order valence-corrected chi connectivity index (χ2v) is 8.23. The van der Waals surface area contributed by atoms with Crippen molar-refractivity contribution in [3.05, 3.63) is 11.8 Å². The highest BCUT2D eigenvalue weighted by atomic mass is 16.6. The number of nitrogens with zero attached hydrogens (tertiary/aromatic N) is 4. The van der Waals surface area contributed by atoms with Gasteiger partial charge in [0.1, 0.15) is 17.7 Å². The minimum Gasteiger partial charge on any atom is -0.444 e. The van der Waals surface area contributed by atoms with E-state index in [2.05, 4.69) is 16.3 Å². The van der Waals surface area contributed by atoms with Crippen molar-refractivity contribution in [3.8, 4) is 0 Å². The summed E-state index contributed by atoms with van der Waals surface area (Å²) in [5.41, 5.74) is 0.455. The molecule has 0 radical (unpaired) electrons. The van der Waals surface area contributed by atoms with Gasteiger partial charge >= 0.3 is 6.09 Å². The van der Waals surface area contributed by atoms with E-state index in [0.717, 1.165) is 30.8 Å². The largest absolute Gasteiger partial charge is 0.444 e. The molecule has 1 atom stereocenters. The molecule has 27 heavy (non-hydrogen) atoms. The molecule has 0 bridgehead atoms. The molecule has 0 aliphatic carbocycles. The van der Waals surface area contributed by atoms with Gasteiger partial charge in [-0.1, -0.05) is 0 Å². The quantitative estimate of drug-likeness (QED) is 0.658. The summed E-state index contributed by atoms with van der Waals surface area (Å²) in [5, 5.41) is 7.31. The average molecular weight is 380 g/mol. The fourth-order valence-electron chi connectivity index (χ4n) is 2.88. The lowest BCUT2D eigenvalue weighted by molar-refractivity contribution is -0.109. The number of amides is 1. The van der Waals surface area contributed by atoms with Gasteiger partial charge in [0.05, 0.1) is 11.7 Å². The van der Waals surface area contributed by atoms with E-state index in [4.69, 9.17) is 9.84 Å². The molecule has 1 unspecified atom stereocenters. The van der Waals surface area contributed by atoms with Crippen LogP contribution in [0.3, 0.4) is 0 Å². The monoisotopic (exact) mass is 379 g/mol. The van der Waals surface area contributed by atoms with E-state index in [9.17, 15) is 9.59 Å². The molecule has 0 saturated carbocycles. The van der Waals surface area contributed by atoms with Gasteiger partial charge in [-0.3, -0.25) is 0 Å². The van der Waals surface area contributed by atoms with E-state index in [1.54, 1.807) is 20.8 Å². The van der Waals surface area contributed by atoms with E-state index >= 15 is 0 Å². The molecule has 152 valence electrons. The van der Waals surface area contributed by atoms with Crippen molar-refractivity contribution in [1.82, 2.24) is 20.0 Å². The van der Waals surface area contributed by atoms with E-state index in [1.807, 2.05) is 23.7 Å². The highest BCUT2D eigenvalue weighted by Gasteiger charge is 2.20. The molecule has 8 nitrogen and oxygen atoms in total. The van der Waals surface area contributed by atoms with Crippen LogP contribution in [0.1, 0.15) is 39.3 Å². The summed E-state index contributed by atoms with van der Waals surface area (Å²) in [6, 6.07) is 1.49. The molecule has 0 aromatic carbocycles. The van der Waals surface area contributed by atoms with Gasteiger partial charge in [0.2, 0.25) is 0 Å². The van der Waals surface area contributed by atoms with Crippen molar-refractivity contribution in [2.24, 2.45) is 0 Å². The molecule has 1 saturated heterocycles. The second-order valence-electron chi connectivity index (χ2n) is 8.23. The molecule has 0 spiro atoms. The van der Waals surface area contributed by atoms with E-state index in [-0.39, 0.29) is 0 Å². The SMILES string of the molecule is CN(C)c1cc(CCN2CCC2)nn1CCC(C=O)NC(=O)OC(C)(C)C. The van der Waals surface area contributed by atoms with Crippen LogP contribution < -0.4 is 10.2 Å². The number of ether oxygens (including phenoxy) is 1. The van der Waals surface area contributed by atoms with Gasteiger partial charge in [-0.05, 0) is 46.7 Å². The third-order valence-corrected chi connectivity index (χ3v) is 4.42. The topological polar surface area (TPSA) is 79.7 Å². The summed E-state index contributed by atoms with van der Waals surface area (Å²) in [7, 11) is 3.95. The lowest BCUT2D eigenvalue weighted by Gasteiger charge is -2.30. The molecule has 2 heterocycles. The van der Waals surface area contributed by atoms with Crippen molar-refractivity contribution in [2.45, 2.75) is 58.2 Å². The number of aromatic nitrogens is 2. The lowest BCUT2D eigenvalue weighted by atomic mass is 10.2. The zero-order valence-electron chi connectivity index (χ0n) is 17.2. The molecular formula is C19H33N5O3. The minimum absolute atomic E-state index is 0.455. The van der Waals surface area contributed by atoms with Crippen molar-refractivity contribution >= 4 is 18.2 Å². The molecule has 1 N–H and O–H groups in total. The Kier molecular flexibility index (Phi) is 7.24. The number of nitrogens with one attached hydrogen (secondary N) is 1. The van der Waals surface area contributed by atoms with Gasteiger partial charge in [-0.15, -0.1) is 0 Å². The Morgan fingerprint density at radius 3 is 2.59 bits per heavy atom. The first-order valence-electron chi connectivity index (χ1n) is 9.59. The van der Waals surface area contributed by atoms with Gasteiger partial charge in [0.15, 0.2) is 0 Å². The Hall–Kier alpha value is -2.09. The Labute approximate surface area is 161 Å². The molecule has 8 heteroatoms. The number of anilines is 1. The minimum atomic E-state index is -0.608. The Bertz CT molecular complexity index is 632. The number of aldehydes is 1. The van der Waals surface area contributed by atoms with Gasteiger partial charge in [-0.2, -0.15) is 5.10 Å². The molecule has 1 fully saturated rings. The predicted octanol–water partition coefficient (Wildman–Crippen LogP) is 1.68. The summed E-state index contributed by atoms with van der Waals surface area (Å²) in [4.78, 5) is 27.7. The Balaban J connectivity index is 1.92. The molecule has 1 aromatic rings. The highest BCUT2D eigenvalue weighted by molar-refractivity contribution is 5.73. The van der Waals surface area contributed by atoms with Crippen LogP contribution in [0.15, 0.2) is 6.07 Å². The molecule has 1 aliphatic heterocycles. The number of carbonyl (C=O) groups is 2. The van der Waals surface area contributed by atoms with Crippen molar-refractivity contribution in [1.29, 1.82) is 0 Å².